The maximum Gasteiger partial charge on any atom is 0.254 e. The number of nitrogens with one attached hydrogen (secondary N) is 2. The van der Waals surface area contributed by atoms with Crippen molar-refractivity contribution in [3.05, 3.63) is 35.1 Å². The van der Waals surface area contributed by atoms with Gasteiger partial charge < -0.3 is 16.4 Å². The van der Waals surface area contributed by atoms with E-state index in [0.717, 1.165) is 0 Å². The molecule has 5 nitrogen and oxygen atoms in total. The molecular weight excluding hydrogens is 261 g/mol. The van der Waals surface area contributed by atoms with Gasteiger partial charge in [-0.15, -0.1) is 0 Å². The number of hydrogen-bond donors (Lipinski definition) is 3. The summed E-state index contributed by atoms with van der Waals surface area (Å²) in [6, 6.07) is 4.10. The van der Waals surface area contributed by atoms with Crippen molar-refractivity contribution in [3.63, 3.8) is 0 Å². The molecule has 0 aliphatic rings. The van der Waals surface area contributed by atoms with Crippen molar-refractivity contribution in [2.45, 2.75) is 6.92 Å². The highest BCUT2D eigenvalue weighted by Gasteiger charge is 2.11. The minimum absolute atomic E-state index is 0.0638. The molecule has 2 amide bonds. The molecule has 0 atom stereocenters. The van der Waals surface area contributed by atoms with Crippen LogP contribution in [0.2, 0.25) is 0 Å². The van der Waals surface area contributed by atoms with Gasteiger partial charge in [0.2, 0.25) is 5.91 Å². The SMILES string of the molecule is CC(=O)NCCNC(=O)c1ccc(C#CCN)cc1F. The summed E-state index contributed by atoms with van der Waals surface area (Å²) >= 11 is 0. The van der Waals surface area contributed by atoms with Gasteiger partial charge in [0, 0.05) is 25.6 Å². The van der Waals surface area contributed by atoms with Crippen molar-refractivity contribution >= 4 is 11.8 Å². The Morgan fingerprint density at radius 1 is 1.30 bits per heavy atom. The molecule has 0 unspecified atom stereocenters. The highest BCUT2D eigenvalue weighted by atomic mass is 19.1. The number of carbonyl (C=O) groups is 2. The van der Waals surface area contributed by atoms with E-state index in [-0.39, 0.29) is 24.6 Å². The molecule has 0 saturated carbocycles. The predicted octanol–water partition coefficient (Wildman–Crippen LogP) is 0.00180. The van der Waals surface area contributed by atoms with Crippen molar-refractivity contribution in [1.29, 1.82) is 0 Å². The average molecular weight is 277 g/mol. The topological polar surface area (TPSA) is 84.2 Å². The molecule has 1 rings (SSSR count). The zero-order chi connectivity index (χ0) is 15.0. The zero-order valence-electron chi connectivity index (χ0n) is 11.1. The number of nitrogens with two attached hydrogens (primary N) is 1. The third-order valence-electron chi connectivity index (χ3n) is 2.33. The Balaban J connectivity index is 2.62. The van der Waals surface area contributed by atoms with Gasteiger partial charge in [0.05, 0.1) is 12.1 Å². The fourth-order valence-corrected chi connectivity index (χ4v) is 1.44. The van der Waals surface area contributed by atoms with Gasteiger partial charge in [0.25, 0.3) is 5.91 Å². The summed E-state index contributed by atoms with van der Waals surface area (Å²) in [6.45, 7) is 2.09. The normalized spacial score (nSPS) is 9.35. The Labute approximate surface area is 116 Å². The Morgan fingerprint density at radius 3 is 2.60 bits per heavy atom. The number of rotatable bonds is 4. The van der Waals surface area contributed by atoms with Gasteiger partial charge in [-0.05, 0) is 18.2 Å². The van der Waals surface area contributed by atoms with Crippen LogP contribution >= 0.6 is 0 Å². The third kappa shape index (κ3) is 5.08. The Morgan fingerprint density at radius 2 is 2.00 bits per heavy atom. The van der Waals surface area contributed by atoms with E-state index in [1.54, 1.807) is 6.07 Å². The minimum atomic E-state index is -0.647. The van der Waals surface area contributed by atoms with Crippen LogP contribution in [0, 0.1) is 17.7 Å². The molecule has 6 heteroatoms. The maximum atomic E-state index is 13.7. The van der Waals surface area contributed by atoms with Crippen LogP contribution < -0.4 is 16.4 Å². The lowest BCUT2D eigenvalue weighted by Crippen LogP contribution is -2.34. The molecule has 0 spiro atoms. The molecule has 0 aromatic heterocycles. The van der Waals surface area contributed by atoms with Gasteiger partial charge >= 0.3 is 0 Å². The number of halogens is 1. The second-order valence-corrected chi connectivity index (χ2v) is 3.94. The van der Waals surface area contributed by atoms with Crippen LogP contribution in [-0.2, 0) is 4.79 Å². The Kier molecular flexibility index (Phi) is 6.20. The van der Waals surface area contributed by atoms with Crippen LogP contribution in [0.25, 0.3) is 0 Å². The van der Waals surface area contributed by atoms with Crippen LogP contribution in [0.3, 0.4) is 0 Å². The summed E-state index contributed by atoms with van der Waals surface area (Å²) in [5.74, 6) is 3.92. The molecule has 0 fully saturated rings. The van der Waals surface area contributed by atoms with Gasteiger partial charge in [-0.1, -0.05) is 11.8 Å². The maximum absolute atomic E-state index is 13.7. The fourth-order valence-electron chi connectivity index (χ4n) is 1.44. The summed E-state index contributed by atoms with van der Waals surface area (Å²) in [5, 5.41) is 5.03. The summed E-state index contributed by atoms with van der Waals surface area (Å²) in [6.07, 6.45) is 0. The Hall–Kier alpha value is -2.39. The minimum Gasteiger partial charge on any atom is -0.355 e. The molecular formula is C14H16FN3O2. The van der Waals surface area contributed by atoms with Crippen molar-refractivity contribution in [3.8, 4) is 11.8 Å². The van der Waals surface area contributed by atoms with E-state index in [9.17, 15) is 14.0 Å². The average Bonchev–Trinajstić information content (AvgIpc) is 2.41. The number of hydrogen-bond acceptors (Lipinski definition) is 3. The number of benzene rings is 1. The highest BCUT2D eigenvalue weighted by molar-refractivity contribution is 5.94. The zero-order valence-corrected chi connectivity index (χ0v) is 11.1. The van der Waals surface area contributed by atoms with Crippen LogP contribution in [0.15, 0.2) is 18.2 Å². The third-order valence-corrected chi connectivity index (χ3v) is 2.33. The van der Waals surface area contributed by atoms with Crippen molar-refractivity contribution in [1.82, 2.24) is 10.6 Å². The lowest BCUT2D eigenvalue weighted by Gasteiger charge is -2.06. The van der Waals surface area contributed by atoms with E-state index in [1.807, 2.05) is 0 Å². The summed E-state index contributed by atoms with van der Waals surface area (Å²) in [5.41, 5.74) is 5.62. The largest absolute Gasteiger partial charge is 0.355 e. The lowest BCUT2D eigenvalue weighted by molar-refractivity contribution is -0.118. The first-order chi connectivity index (χ1) is 9.54. The number of amides is 2. The fraction of sp³-hybridized carbons (Fsp3) is 0.286. The molecule has 0 bridgehead atoms. The molecule has 20 heavy (non-hydrogen) atoms. The monoisotopic (exact) mass is 277 g/mol. The lowest BCUT2D eigenvalue weighted by atomic mass is 10.1. The van der Waals surface area contributed by atoms with Crippen LogP contribution in [0.5, 0.6) is 0 Å². The van der Waals surface area contributed by atoms with Crippen molar-refractivity contribution < 1.29 is 14.0 Å². The van der Waals surface area contributed by atoms with E-state index in [2.05, 4.69) is 22.5 Å². The first-order valence-corrected chi connectivity index (χ1v) is 6.05. The first-order valence-electron chi connectivity index (χ1n) is 6.05. The molecule has 4 N–H and O–H groups in total. The second kappa shape index (κ2) is 7.92. The van der Waals surface area contributed by atoms with E-state index < -0.39 is 11.7 Å². The van der Waals surface area contributed by atoms with Crippen molar-refractivity contribution in [2.75, 3.05) is 19.6 Å². The number of carbonyl (C=O) groups excluding carboxylic acids is 2. The van der Waals surface area contributed by atoms with Crippen LogP contribution in [-0.4, -0.2) is 31.4 Å². The molecule has 1 aromatic rings. The van der Waals surface area contributed by atoms with Crippen molar-refractivity contribution in [2.24, 2.45) is 5.73 Å². The second-order valence-electron chi connectivity index (χ2n) is 3.94. The molecule has 0 aliphatic heterocycles. The van der Waals surface area contributed by atoms with Gasteiger partial charge in [0.1, 0.15) is 5.82 Å². The van der Waals surface area contributed by atoms with Crippen LogP contribution in [0.1, 0.15) is 22.8 Å². The molecule has 0 saturated heterocycles. The summed E-state index contributed by atoms with van der Waals surface area (Å²) in [4.78, 5) is 22.3. The summed E-state index contributed by atoms with van der Waals surface area (Å²) in [7, 11) is 0. The van der Waals surface area contributed by atoms with Gasteiger partial charge in [-0.3, -0.25) is 9.59 Å². The molecule has 106 valence electrons. The van der Waals surface area contributed by atoms with Gasteiger partial charge in [-0.2, -0.15) is 0 Å². The quantitative estimate of drug-likeness (QED) is 0.535. The summed E-state index contributed by atoms with van der Waals surface area (Å²) < 4.78 is 13.7. The first kappa shape index (κ1) is 15.7. The Bertz CT molecular complexity index is 561. The van der Waals surface area contributed by atoms with E-state index >= 15 is 0 Å². The van der Waals surface area contributed by atoms with E-state index in [0.29, 0.717) is 12.1 Å². The highest BCUT2D eigenvalue weighted by Crippen LogP contribution is 2.09. The predicted molar refractivity (Wildman–Crippen MR) is 73.3 cm³/mol. The van der Waals surface area contributed by atoms with Gasteiger partial charge in [0.15, 0.2) is 0 Å². The van der Waals surface area contributed by atoms with Crippen LogP contribution in [0.4, 0.5) is 4.39 Å². The molecule has 0 aliphatic carbocycles. The van der Waals surface area contributed by atoms with Gasteiger partial charge in [-0.25, -0.2) is 4.39 Å². The van der Waals surface area contributed by atoms with E-state index in [4.69, 9.17) is 5.73 Å². The van der Waals surface area contributed by atoms with E-state index in [1.165, 1.54) is 19.1 Å². The smallest absolute Gasteiger partial charge is 0.254 e. The molecule has 1 aromatic carbocycles. The molecule has 0 radical (unpaired) electrons. The standard InChI is InChI=1S/C14H16FN3O2/c1-10(19)17-7-8-18-14(20)12-5-4-11(3-2-6-16)9-13(12)15/h4-5,9H,6-8,16H2,1H3,(H,17,19)(H,18,20). The molecule has 0 heterocycles.